The minimum absolute atomic E-state index is 0.0120. The average molecular weight is 307 g/mol. The van der Waals surface area contributed by atoms with Crippen molar-refractivity contribution in [1.29, 1.82) is 0 Å². The number of thiazole rings is 1. The first-order valence-electron chi connectivity index (χ1n) is 6.95. The van der Waals surface area contributed by atoms with Gasteiger partial charge in [0.05, 0.1) is 11.4 Å². The van der Waals surface area contributed by atoms with Gasteiger partial charge in [-0.25, -0.2) is 4.98 Å². The van der Waals surface area contributed by atoms with Crippen molar-refractivity contribution < 1.29 is 4.79 Å². The molecule has 4 nitrogen and oxygen atoms in total. The number of H-pyrrole nitrogens is 1. The maximum absolute atomic E-state index is 12.5. The summed E-state index contributed by atoms with van der Waals surface area (Å²) in [4.78, 5) is 21.0. The van der Waals surface area contributed by atoms with Gasteiger partial charge in [-0.2, -0.15) is 0 Å². The standard InChI is InChI=1S/C17H13N3OS/c1-11-15(20-8-9-22-17(20)19-11)6-7-16(21)13-10-18-14-5-3-2-4-12(13)14/h2-10,18H,1H3/b7-6+. The maximum Gasteiger partial charge on any atom is 0.194 e. The van der Waals surface area contributed by atoms with E-state index in [9.17, 15) is 4.79 Å². The number of hydrogen-bond donors (Lipinski definition) is 1. The lowest BCUT2D eigenvalue weighted by Gasteiger charge is -1.95. The first-order chi connectivity index (χ1) is 10.7. The Kier molecular flexibility index (Phi) is 2.94. The fraction of sp³-hybridized carbons (Fsp3) is 0.0588. The second-order valence-electron chi connectivity index (χ2n) is 5.08. The predicted octanol–water partition coefficient (Wildman–Crippen LogP) is 4.08. The van der Waals surface area contributed by atoms with Crippen LogP contribution in [0, 0.1) is 6.92 Å². The number of aromatic amines is 1. The van der Waals surface area contributed by atoms with Crippen LogP contribution < -0.4 is 0 Å². The van der Waals surface area contributed by atoms with Gasteiger partial charge in [0.1, 0.15) is 0 Å². The van der Waals surface area contributed by atoms with Crippen LogP contribution in [0.4, 0.5) is 0 Å². The average Bonchev–Trinajstić information content (AvgIpc) is 3.19. The van der Waals surface area contributed by atoms with E-state index in [-0.39, 0.29) is 5.78 Å². The van der Waals surface area contributed by atoms with Gasteiger partial charge in [-0.1, -0.05) is 18.2 Å². The quantitative estimate of drug-likeness (QED) is 0.458. The van der Waals surface area contributed by atoms with Gasteiger partial charge in [0.15, 0.2) is 10.7 Å². The molecule has 1 aromatic carbocycles. The second-order valence-corrected chi connectivity index (χ2v) is 5.96. The van der Waals surface area contributed by atoms with Gasteiger partial charge in [-0.3, -0.25) is 9.20 Å². The number of ketones is 1. The van der Waals surface area contributed by atoms with Crippen molar-refractivity contribution in [3.8, 4) is 0 Å². The number of benzene rings is 1. The van der Waals surface area contributed by atoms with Crippen LogP contribution >= 0.6 is 11.3 Å². The summed E-state index contributed by atoms with van der Waals surface area (Å²) in [7, 11) is 0. The van der Waals surface area contributed by atoms with Crippen LogP contribution in [-0.4, -0.2) is 20.2 Å². The fourth-order valence-corrected chi connectivity index (χ4v) is 3.40. The number of fused-ring (bicyclic) bond motifs is 2. The third kappa shape index (κ3) is 1.98. The molecular weight excluding hydrogens is 294 g/mol. The Morgan fingerprint density at radius 2 is 2.23 bits per heavy atom. The maximum atomic E-state index is 12.5. The number of allylic oxidation sites excluding steroid dienone is 1. The van der Waals surface area contributed by atoms with Crippen LogP contribution in [0.5, 0.6) is 0 Å². The van der Waals surface area contributed by atoms with E-state index in [1.807, 2.05) is 53.2 Å². The number of hydrogen-bond acceptors (Lipinski definition) is 3. The molecule has 0 aliphatic carbocycles. The summed E-state index contributed by atoms with van der Waals surface area (Å²) in [6.45, 7) is 1.95. The SMILES string of the molecule is Cc1nc2sccn2c1/C=C/C(=O)c1c[nH]c2ccccc12. The van der Waals surface area contributed by atoms with Gasteiger partial charge >= 0.3 is 0 Å². The van der Waals surface area contributed by atoms with Crippen molar-refractivity contribution in [2.45, 2.75) is 6.92 Å². The molecule has 0 saturated carbocycles. The topological polar surface area (TPSA) is 50.2 Å². The Morgan fingerprint density at radius 1 is 1.36 bits per heavy atom. The van der Waals surface area contributed by atoms with Crippen LogP contribution in [0.25, 0.3) is 21.9 Å². The molecule has 3 heterocycles. The highest BCUT2D eigenvalue weighted by Gasteiger charge is 2.10. The zero-order chi connectivity index (χ0) is 15.1. The molecule has 5 heteroatoms. The molecular formula is C17H13N3OS. The summed E-state index contributed by atoms with van der Waals surface area (Å²) in [5.74, 6) is -0.0120. The third-order valence-electron chi connectivity index (χ3n) is 3.73. The van der Waals surface area contributed by atoms with E-state index in [1.165, 1.54) is 0 Å². The number of carbonyl (C=O) groups is 1. The highest BCUT2D eigenvalue weighted by Crippen LogP contribution is 2.20. The van der Waals surface area contributed by atoms with E-state index >= 15 is 0 Å². The number of aryl methyl sites for hydroxylation is 1. The Morgan fingerprint density at radius 3 is 3.14 bits per heavy atom. The first-order valence-corrected chi connectivity index (χ1v) is 7.82. The predicted molar refractivity (Wildman–Crippen MR) is 89.5 cm³/mol. The van der Waals surface area contributed by atoms with Gasteiger partial charge in [-0.15, -0.1) is 11.3 Å². The molecule has 0 unspecified atom stereocenters. The molecule has 0 aliphatic heterocycles. The summed E-state index contributed by atoms with van der Waals surface area (Å²) in [5, 5.41) is 2.93. The lowest BCUT2D eigenvalue weighted by Crippen LogP contribution is -1.93. The molecule has 108 valence electrons. The number of carbonyl (C=O) groups excluding carboxylic acids is 1. The van der Waals surface area contributed by atoms with Gasteiger partial charge in [-0.05, 0) is 25.1 Å². The van der Waals surface area contributed by atoms with Crippen LogP contribution in [0.1, 0.15) is 21.7 Å². The zero-order valence-corrected chi connectivity index (χ0v) is 12.7. The molecule has 0 spiro atoms. The molecule has 0 fully saturated rings. The van der Waals surface area contributed by atoms with Crippen molar-refractivity contribution in [2.24, 2.45) is 0 Å². The molecule has 4 aromatic rings. The number of para-hydroxylation sites is 1. The first kappa shape index (κ1) is 13.0. The van der Waals surface area contributed by atoms with Gasteiger partial charge in [0.2, 0.25) is 0 Å². The number of aromatic nitrogens is 3. The van der Waals surface area contributed by atoms with Crippen molar-refractivity contribution in [2.75, 3.05) is 0 Å². The molecule has 0 saturated heterocycles. The Labute approximate surface area is 130 Å². The largest absolute Gasteiger partial charge is 0.360 e. The van der Waals surface area contributed by atoms with E-state index in [1.54, 1.807) is 23.6 Å². The zero-order valence-electron chi connectivity index (χ0n) is 11.9. The number of rotatable bonds is 3. The Hall–Kier alpha value is -2.66. The summed E-state index contributed by atoms with van der Waals surface area (Å²) in [6.07, 6.45) is 7.19. The van der Waals surface area contributed by atoms with Crippen molar-refractivity contribution in [3.05, 3.63) is 65.1 Å². The fourth-order valence-electron chi connectivity index (χ4n) is 2.63. The van der Waals surface area contributed by atoms with E-state index in [0.29, 0.717) is 5.56 Å². The highest BCUT2D eigenvalue weighted by atomic mass is 32.1. The summed E-state index contributed by atoms with van der Waals surface area (Å²) in [6, 6.07) is 7.80. The number of imidazole rings is 1. The summed E-state index contributed by atoms with van der Waals surface area (Å²) < 4.78 is 2.00. The number of nitrogens with zero attached hydrogens (tertiary/aromatic N) is 2. The molecule has 0 aliphatic rings. The van der Waals surface area contributed by atoms with Crippen molar-refractivity contribution in [3.63, 3.8) is 0 Å². The molecule has 3 aromatic heterocycles. The molecule has 0 bridgehead atoms. The van der Waals surface area contributed by atoms with Crippen LogP contribution in [0.2, 0.25) is 0 Å². The molecule has 0 atom stereocenters. The van der Waals surface area contributed by atoms with E-state index in [4.69, 9.17) is 0 Å². The molecule has 0 amide bonds. The second kappa shape index (κ2) is 4.96. The Bertz CT molecular complexity index is 1020. The van der Waals surface area contributed by atoms with E-state index in [2.05, 4.69) is 9.97 Å². The van der Waals surface area contributed by atoms with Gasteiger partial charge < -0.3 is 4.98 Å². The highest BCUT2D eigenvalue weighted by molar-refractivity contribution is 7.15. The van der Waals surface area contributed by atoms with Crippen LogP contribution in [-0.2, 0) is 0 Å². The minimum atomic E-state index is -0.0120. The molecule has 1 N–H and O–H groups in total. The van der Waals surface area contributed by atoms with Crippen LogP contribution in [0.15, 0.2) is 48.1 Å². The summed E-state index contributed by atoms with van der Waals surface area (Å²) >= 11 is 1.58. The van der Waals surface area contributed by atoms with Crippen molar-refractivity contribution >= 4 is 39.1 Å². The van der Waals surface area contributed by atoms with Gasteiger partial charge in [0.25, 0.3) is 0 Å². The minimum Gasteiger partial charge on any atom is -0.360 e. The van der Waals surface area contributed by atoms with Gasteiger partial charge in [0, 0.05) is 34.2 Å². The van der Waals surface area contributed by atoms with Crippen LogP contribution in [0.3, 0.4) is 0 Å². The van der Waals surface area contributed by atoms with E-state index < -0.39 is 0 Å². The molecule has 0 radical (unpaired) electrons. The van der Waals surface area contributed by atoms with Crippen molar-refractivity contribution in [1.82, 2.24) is 14.4 Å². The molecule has 4 rings (SSSR count). The monoisotopic (exact) mass is 307 g/mol. The third-order valence-corrected chi connectivity index (χ3v) is 4.49. The number of nitrogens with one attached hydrogen (secondary N) is 1. The summed E-state index contributed by atoms with van der Waals surface area (Å²) in [5.41, 5.74) is 3.54. The van der Waals surface area contributed by atoms with E-state index in [0.717, 1.165) is 27.3 Å². The smallest absolute Gasteiger partial charge is 0.194 e. The lowest BCUT2D eigenvalue weighted by atomic mass is 10.1. The molecule has 22 heavy (non-hydrogen) atoms. The normalized spacial score (nSPS) is 11.9. The Balaban J connectivity index is 1.72. The lowest BCUT2D eigenvalue weighted by molar-refractivity contribution is 0.104.